The minimum Gasteiger partial charge on any atom is -0.0631 e. The SMILES string of the molecule is [SiH3]/C(=C\c1ccccc1)c1ccccc1. The fraction of sp³-hybridized carbons (Fsp3) is 0. The standard InChI is InChI=1S/C14H14Si/c15-14(13-9-5-2-6-10-13)11-12-7-3-1-4-8-12/h1-11H,15H3/b14-11-. The van der Waals surface area contributed by atoms with Gasteiger partial charge >= 0.3 is 0 Å². The topological polar surface area (TPSA) is 0 Å². The predicted molar refractivity (Wildman–Crippen MR) is 70.7 cm³/mol. The van der Waals surface area contributed by atoms with Crippen LogP contribution in [0.5, 0.6) is 0 Å². The molecule has 2 aromatic carbocycles. The zero-order valence-electron chi connectivity index (χ0n) is 8.85. The fourth-order valence-electron chi connectivity index (χ4n) is 1.58. The first-order valence-electron chi connectivity index (χ1n) is 5.15. The molecule has 0 saturated carbocycles. The molecule has 0 unspecified atom stereocenters. The van der Waals surface area contributed by atoms with E-state index in [-0.39, 0.29) is 0 Å². The molecule has 0 fully saturated rings. The van der Waals surface area contributed by atoms with E-state index in [1.165, 1.54) is 16.3 Å². The van der Waals surface area contributed by atoms with Crippen molar-refractivity contribution in [3.8, 4) is 0 Å². The highest BCUT2D eigenvalue weighted by molar-refractivity contribution is 6.45. The smallest absolute Gasteiger partial charge is 0.0393 e. The van der Waals surface area contributed by atoms with Gasteiger partial charge in [-0.25, -0.2) is 0 Å². The summed E-state index contributed by atoms with van der Waals surface area (Å²) in [6.45, 7) is 0. The molecule has 0 amide bonds. The molecule has 0 heterocycles. The molecule has 0 aliphatic rings. The van der Waals surface area contributed by atoms with Gasteiger partial charge in [0.15, 0.2) is 0 Å². The molecule has 0 spiro atoms. The molecular weight excluding hydrogens is 196 g/mol. The van der Waals surface area contributed by atoms with Gasteiger partial charge < -0.3 is 0 Å². The van der Waals surface area contributed by atoms with Crippen LogP contribution in [0.4, 0.5) is 0 Å². The van der Waals surface area contributed by atoms with Crippen LogP contribution in [0, 0.1) is 0 Å². The van der Waals surface area contributed by atoms with Gasteiger partial charge in [0, 0.05) is 10.2 Å². The Bertz CT molecular complexity index is 443. The van der Waals surface area contributed by atoms with Crippen LogP contribution in [-0.4, -0.2) is 10.2 Å². The average molecular weight is 210 g/mol. The molecule has 0 aromatic heterocycles. The van der Waals surface area contributed by atoms with E-state index < -0.39 is 0 Å². The molecule has 0 bridgehead atoms. The lowest BCUT2D eigenvalue weighted by molar-refractivity contribution is 1.64. The zero-order chi connectivity index (χ0) is 10.5. The molecule has 0 aliphatic heterocycles. The van der Waals surface area contributed by atoms with E-state index in [9.17, 15) is 0 Å². The van der Waals surface area contributed by atoms with Crippen molar-refractivity contribution >= 4 is 21.5 Å². The van der Waals surface area contributed by atoms with Crippen molar-refractivity contribution in [3.63, 3.8) is 0 Å². The van der Waals surface area contributed by atoms with E-state index in [1.807, 2.05) is 6.07 Å². The second-order valence-corrected chi connectivity index (χ2v) is 4.68. The number of rotatable bonds is 2. The second-order valence-electron chi connectivity index (χ2n) is 3.60. The summed E-state index contributed by atoms with van der Waals surface area (Å²) in [4.78, 5) is 0. The fourth-order valence-corrected chi connectivity index (χ4v) is 2.25. The van der Waals surface area contributed by atoms with E-state index in [0.29, 0.717) is 0 Å². The Labute approximate surface area is 93.7 Å². The largest absolute Gasteiger partial charge is 0.0631 e. The molecule has 0 nitrogen and oxygen atoms in total. The zero-order valence-corrected chi connectivity index (χ0v) is 10.9. The average Bonchev–Trinajstić information content (AvgIpc) is 2.31. The van der Waals surface area contributed by atoms with E-state index in [0.717, 1.165) is 10.2 Å². The van der Waals surface area contributed by atoms with Gasteiger partial charge in [0.1, 0.15) is 0 Å². The van der Waals surface area contributed by atoms with Crippen LogP contribution in [0.1, 0.15) is 11.1 Å². The Morgan fingerprint density at radius 1 is 0.800 bits per heavy atom. The Balaban J connectivity index is 2.29. The van der Waals surface area contributed by atoms with E-state index in [4.69, 9.17) is 0 Å². The minimum absolute atomic E-state index is 1.07. The first-order valence-corrected chi connectivity index (χ1v) is 6.15. The lowest BCUT2D eigenvalue weighted by atomic mass is 10.1. The van der Waals surface area contributed by atoms with Crippen molar-refractivity contribution in [1.82, 2.24) is 0 Å². The summed E-state index contributed by atoms with van der Waals surface area (Å²) < 4.78 is 0. The predicted octanol–water partition coefficient (Wildman–Crippen LogP) is 2.55. The van der Waals surface area contributed by atoms with Gasteiger partial charge in [0.05, 0.1) is 0 Å². The molecule has 2 aromatic rings. The van der Waals surface area contributed by atoms with E-state index in [1.54, 1.807) is 0 Å². The Morgan fingerprint density at radius 2 is 1.33 bits per heavy atom. The molecule has 0 N–H and O–H groups in total. The molecule has 0 radical (unpaired) electrons. The Kier molecular flexibility index (Phi) is 3.15. The molecule has 1 heteroatoms. The molecule has 2 rings (SSSR count). The highest BCUT2D eigenvalue weighted by Gasteiger charge is 1.93. The van der Waals surface area contributed by atoms with Gasteiger partial charge in [-0.05, 0) is 11.1 Å². The summed E-state index contributed by atoms with van der Waals surface area (Å²) >= 11 is 0. The van der Waals surface area contributed by atoms with Crippen LogP contribution in [0.25, 0.3) is 11.3 Å². The van der Waals surface area contributed by atoms with E-state index in [2.05, 4.69) is 60.7 Å². The lowest BCUT2D eigenvalue weighted by Crippen LogP contribution is -1.82. The normalized spacial score (nSPS) is 11.6. The van der Waals surface area contributed by atoms with Gasteiger partial charge in [0.25, 0.3) is 0 Å². The third-order valence-electron chi connectivity index (χ3n) is 2.41. The monoisotopic (exact) mass is 210 g/mol. The van der Waals surface area contributed by atoms with Gasteiger partial charge in [-0.15, -0.1) is 0 Å². The van der Waals surface area contributed by atoms with Gasteiger partial charge in [-0.3, -0.25) is 0 Å². The third kappa shape index (κ3) is 2.67. The first-order chi connectivity index (χ1) is 7.36. The quantitative estimate of drug-likeness (QED) is 0.528. The van der Waals surface area contributed by atoms with Crippen molar-refractivity contribution in [2.75, 3.05) is 0 Å². The number of benzene rings is 2. The van der Waals surface area contributed by atoms with E-state index >= 15 is 0 Å². The van der Waals surface area contributed by atoms with Crippen LogP contribution in [0.15, 0.2) is 60.7 Å². The second kappa shape index (κ2) is 4.76. The van der Waals surface area contributed by atoms with Gasteiger partial charge in [0.2, 0.25) is 0 Å². The summed E-state index contributed by atoms with van der Waals surface area (Å²) in [6, 6.07) is 21.0. The van der Waals surface area contributed by atoms with Crippen LogP contribution in [0.2, 0.25) is 0 Å². The van der Waals surface area contributed by atoms with Crippen molar-refractivity contribution in [2.24, 2.45) is 0 Å². The summed E-state index contributed by atoms with van der Waals surface area (Å²) in [6.07, 6.45) is 2.27. The number of hydrogen-bond donors (Lipinski definition) is 0. The van der Waals surface area contributed by atoms with Crippen LogP contribution < -0.4 is 0 Å². The van der Waals surface area contributed by atoms with Crippen molar-refractivity contribution in [2.45, 2.75) is 0 Å². The Morgan fingerprint density at radius 3 is 1.93 bits per heavy atom. The summed E-state index contributed by atoms with van der Waals surface area (Å²) in [5.41, 5.74) is 2.62. The molecule has 0 saturated heterocycles. The van der Waals surface area contributed by atoms with Crippen molar-refractivity contribution in [3.05, 3.63) is 71.8 Å². The first kappa shape index (κ1) is 9.93. The summed E-state index contributed by atoms with van der Waals surface area (Å²) in [7, 11) is 1.07. The highest BCUT2D eigenvalue weighted by atomic mass is 28.1. The van der Waals surface area contributed by atoms with Crippen LogP contribution in [0.3, 0.4) is 0 Å². The van der Waals surface area contributed by atoms with Crippen LogP contribution in [-0.2, 0) is 0 Å². The maximum Gasteiger partial charge on any atom is 0.0393 e. The third-order valence-corrected chi connectivity index (χ3v) is 3.28. The lowest BCUT2D eigenvalue weighted by Gasteiger charge is -2.01. The summed E-state index contributed by atoms with van der Waals surface area (Å²) in [5.74, 6) is 0. The maximum absolute atomic E-state index is 2.27. The molecule has 0 atom stereocenters. The van der Waals surface area contributed by atoms with Gasteiger partial charge in [-0.2, -0.15) is 0 Å². The van der Waals surface area contributed by atoms with Gasteiger partial charge in [-0.1, -0.05) is 71.9 Å². The van der Waals surface area contributed by atoms with Crippen LogP contribution >= 0.6 is 0 Å². The Hall–Kier alpha value is -1.60. The molecular formula is C14H14Si. The highest BCUT2D eigenvalue weighted by Crippen LogP contribution is 2.14. The molecule has 15 heavy (non-hydrogen) atoms. The van der Waals surface area contributed by atoms with Crippen molar-refractivity contribution in [1.29, 1.82) is 0 Å². The molecule has 74 valence electrons. The summed E-state index contributed by atoms with van der Waals surface area (Å²) in [5, 5.41) is 1.43. The van der Waals surface area contributed by atoms with Crippen molar-refractivity contribution < 1.29 is 0 Å². The number of hydrogen-bond acceptors (Lipinski definition) is 0. The molecule has 0 aliphatic carbocycles. The maximum atomic E-state index is 2.27. The minimum atomic E-state index is 1.07.